The van der Waals surface area contributed by atoms with E-state index in [1.807, 2.05) is 25.3 Å². The van der Waals surface area contributed by atoms with Gasteiger partial charge in [-0.1, -0.05) is 43.7 Å². The van der Waals surface area contributed by atoms with Crippen molar-refractivity contribution >= 4 is 29.0 Å². The van der Waals surface area contributed by atoms with E-state index in [0.717, 1.165) is 33.8 Å². The molecule has 1 atom stereocenters. The summed E-state index contributed by atoms with van der Waals surface area (Å²) < 4.78 is 1.64. The number of nitrogens with two attached hydrogens (primary N) is 1. The molecule has 0 saturated carbocycles. The van der Waals surface area contributed by atoms with Gasteiger partial charge in [0.15, 0.2) is 0 Å². The van der Waals surface area contributed by atoms with E-state index < -0.39 is 0 Å². The van der Waals surface area contributed by atoms with Crippen molar-refractivity contribution in [3.63, 3.8) is 0 Å². The van der Waals surface area contributed by atoms with E-state index >= 15 is 0 Å². The third-order valence-corrected chi connectivity index (χ3v) is 6.87. The van der Waals surface area contributed by atoms with Crippen molar-refractivity contribution in [3.05, 3.63) is 74.7 Å². The first-order valence-electron chi connectivity index (χ1n) is 11.4. The van der Waals surface area contributed by atoms with Crippen LogP contribution in [0.1, 0.15) is 65.2 Å². The van der Waals surface area contributed by atoms with Crippen LogP contribution in [0.4, 0.5) is 5.95 Å². The summed E-state index contributed by atoms with van der Waals surface area (Å²) in [5.41, 5.74) is 10.9. The number of nitrogens with zero attached hydrogens (tertiary/aromatic N) is 4. The molecule has 0 aliphatic heterocycles. The molecule has 4 rings (SSSR count). The van der Waals surface area contributed by atoms with Crippen molar-refractivity contribution in [2.45, 2.75) is 58.9 Å². The van der Waals surface area contributed by atoms with Crippen molar-refractivity contribution in [3.8, 4) is 0 Å². The van der Waals surface area contributed by atoms with Crippen LogP contribution in [0.15, 0.2) is 41.8 Å². The first kappa shape index (κ1) is 22.9. The Morgan fingerprint density at radius 3 is 2.64 bits per heavy atom. The number of fused-ring (bicyclic) bond motifs is 1. The quantitative estimate of drug-likeness (QED) is 0.380. The summed E-state index contributed by atoms with van der Waals surface area (Å²) in [6.07, 6.45) is 4.38. The van der Waals surface area contributed by atoms with Gasteiger partial charge >= 0.3 is 0 Å². The summed E-state index contributed by atoms with van der Waals surface area (Å²) >= 11 is 1.65. The van der Waals surface area contributed by atoms with Crippen molar-refractivity contribution in [2.24, 2.45) is 0 Å². The predicted octanol–water partition coefficient (Wildman–Crippen LogP) is 4.57. The number of amides is 1. The molecule has 8 heteroatoms. The van der Waals surface area contributed by atoms with Gasteiger partial charge in [-0.05, 0) is 61.2 Å². The van der Waals surface area contributed by atoms with Gasteiger partial charge in [-0.3, -0.25) is 4.79 Å². The molecule has 3 aromatic heterocycles. The van der Waals surface area contributed by atoms with Crippen LogP contribution >= 0.6 is 11.3 Å². The lowest BCUT2D eigenvalue weighted by molar-refractivity contribution is -0.121. The van der Waals surface area contributed by atoms with Crippen LogP contribution in [-0.2, 0) is 17.6 Å². The maximum absolute atomic E-state index is 13.0. The molecular weight excluding hydrogens is 432 g/mol. The number of rotatable bonds is 9. The van der Waals surface area contributed by atoms with Crippen molar-refractivity contribution in [1.82, 2.24) is 24.9 Å². The average molecular weight is 463 g/mol. The molecule has 1 amide bonds. The fourth-order valence-electron chi connectivity index (χ4n) is 4.09. The minimum Gasteiger partial charge on any atom is -0.366 e. The molecule has 1 aromatic carbocycles. The van der Waals surface area contributed by atoms with E-state index in [0.29, 0.717) is 18.6 Å². The van der Waals surface area contributed by atoms with Gasteiger partial charge in [-0.2, -0.15) is 9.50 Å². The fraction of sp³-hybridized carbons (Fsp3) is 0.360. The maximum Gasteiger partial charge on any atom is 0.254 e. The Balaban J connectivity index is 1.48. The molecule has 0 fully saturated rings. The highest BCUT2D eigenvalue weighted by Gasteiger charge is 2.19. The van der Waals surface area contributed by atoms with E-state index in [-0.39, 0.29) is 17.9 Å². The highest BCUT2D eigenvalue weighted by atomic mass is 32.1. The van der Waals surface area contributed by atoms with E-state index in [4.69, 9.17) is 5.73 Å². The van der Waals surface area contributed by atoms with Crippen LogP contribution < -0.4 is 11.1 Å². The Hall–Kier alpha value is -3.26. The van der Waals surface area contributed by atoms with Crippen LogP contribution in [0.25, 0.3) is 5.78 Å². The molecule has 0 bridgehead atoms. The molecule has 0 aliphatic rings. The number of benzene rings is 1. The molecule has 0 spiro atoms. The third-order valence-electron chi connectivity index (χ3n) is 5.93. The molecule has 172 valence electrons. The summed E-state index contributed by atoms with van der Waals surface area (Å²) in [5, 5.41) is 9.50. The molecule has 0 unspecified atom stereocenters. The monoisotopic (exact) mass is 462 g/mol. The van der Waals surface area contributed by atoms with Crippen LogP contribution in [0.3, 0.4) is 0 Å². The summed E-state index contributed by atoms with van der Waals surface area (Å²) in [7, 11) is 0. The molecule has 0 radical (unpaired) electrons. The molecule has 33 heavy (non-hydrogen) atoms. The number of unbranched alkanes of at least 4 members (excludes halogenated alkanes) is 1. The number of nitrogens with one attached hydrogen (secondary N) is 1. The normalized spacial score (nSPS) is 12.2. The minimum atomic E-state index is -0.157. The number of aromatic nitrogens is 4. The minimum absolute atomic E-state index is 0.000427. The van der Waals surface area contributed by atoms with E-state index in [1.165, 1.54) is 18.4 Å². The Morgan fingerprint density at radius 2 is 1.94 bits per heavy atom. The number of thiophene rings is 1. The SMILES string of the molecule is CCCCc1ccc([C@H](NC(=O)CCc2c(C)nc3nc(N)nn3c2C)c2cccs2)cc1. The molecule has 3 heterocycles. The van der Waals surface area contributed by atoms with Gasteiger partial charge in [-0.15, -0.1) is 16.4 Å². The van der Waals surface area contributed by atoms with Gasteiger partial charge < -0.3 is 11.1 Å². The molecule has 0 aliphatic carbocycles. The predicted molar refractivity (Wildman–Crippen MR) is 132 cm³/mol. The number of hydrogen-bond donors (Lipinski definition) is 2. The summed E-state index contributed by atoms with van der Waals surface area (Å²) in [5.74, 6) is 0.677. The van der Waals surface area contributed by atoms with Gasteiger partial charge in [0.05, 0.1) is 6.04 Å². The van der Waals surface area contributed by atoms with E-state index in [1.54, 1.807) is 15.9 Å². The summed E-state index contributed by atoms with van der Waals surface area (Å²) in [6.45, 7) is 6.09. The Morgan fingerprint density at radius 1 is 1.15 bits per heavy atom. The molecule has 3 N–H and O–H groups in total. The van der Waals surface area contributed by atoms with Gasteiger partial charge in [0.2, 0.25) is 11.9 Å². The second kappa shape index (κ2) is 10.1. The average Bonchev–Trinajstić information content (AvgIpc) is 3.46. The highest BCUT2D eigenvalue weighted by molar-refractivity contribution is 7.10. The number of carbonyl (C=O) groups excluding carboxylic acids is 1. The number of anilines is 1. The van der Waals surface area contributed by atoms with Crippen LogP contribution in [0, 0.1) is 13.8 Å². The van der Waals surface area contributed by atoms with Crippen molar-refractivity contribution in [2.75, 3.05) is 5.73 Å². The molecular formula is C25H30N6OS. The zero-order valence-electron chi connectivity index (χ0n) is 19.3. The van der Waals surface area contributed by atoms with E-state index in [2.05, 4.69) is 57.6 Å². The second-order valence-electron chi connectivity index (χ2n) is 8.30. The fourth-order valence-corrected chi connectivity index (χ4v) is 4.89. The van der Waals surface area contributed by atoms with Crippen LogP contribution in [0.5, 0.6) is 0 Å². The first-order valence-corrected chi connectivity index (χ1v) is 12.2. The lowest BCUT2D eigenvalue weighted by Crippen LogP contribution is -2.29. The molecule has 7 nitrogen and oxygen atoms in total. The van der Waals surface area contributed by atoms with Gasteiger partial charge in [-0.25, -0.2) is 4.98 Å². The third kappa shape index (κ3) is 5.22. The first-order chi connectivity index (χ1) is 16.0. The lowest BCUT2D eigenvalue weighted by atomic mass is 10.0. The Labute approximate surface area is 198 Å². The van der Waals surface area contributed by atoms with E-state index in [9.17, 15) is 4.79 Å². The number of nitrogen functional groups attached to an aromatic ring is 1. The van der Waals surface area contributed by atoms with Gasteiger partial charge in [0.25, 0.3) is 5.78 Å². The smallest absolute Gasteiger partial charge is 0.254 e. The Bertz CT molecular complexity index is 1230. The summed E-state index contributed by atoms with van der Waals surface area (Å²) in [6, 6.07) is 12.6. The molecule has 4 aromatic rings. The van der Waals surface area contributed by atoms with Crippen LogP contribution in [-0.4, -0.2) is 25.5 Å². The lowest BCUT2D eigenvalue weighted by Gasteiger charge is -2.19. The zero-order valence-corrected chi connectivity index (χ0v) is 20.2. The van der Waals surface area contributed by atoms with Crippen LogP contribution in [0.2, 0.25) is 0 Å². The molecule has 0 saturated heterocycles. The number of carbonyl (C=O) groups is 1. The topological polar surface area (TPSA) is 98.2 Å². The van der Waals surface area contributed by atoms with Crippen molar-refractivity contribution in [1.29, 1.82) is 0 Å². The maximum atomic E-state index is 13.0. The van der Waals surface area contributed by atoms with Gasteiger partial charge in [0, 0.05) is 22.7 Å². The van der Waals surface area contributed by atoms with Gasteiger partial charge in [0.1, 0.15) is 0 Å². The van der Waals surface area contributed by atoms with Crippen molar-refractivity contribution < 1.29 is 4.79 Å². The highest BCUT2D eigenvalue weighted by Crippen LogP contribution is 2.27. The number of hydrogen-bond acceptors (Lipinski definition) is 6. The largest absolute Gasteiger partial charge is 0.366 e. The second-order valence-corrected chi connectivity index (χ2v) is 9.28. The number of aryl methyl sites for hydroxylation is 3. The zero-order chi connectivity index (χ0) is 23.4. The summed E-state index contributed by atoms with van der Waals surface area (Å²) in [4.78, 5) is 22.8. The standard InChI is InChI=1S/C25H30N6OS/c1-4-5-7-18-9-11-19(12-10-18)23(21-8-6-15-33-21)28-22(32)14-13-20-16(2)27-25-29-24(26)30-31(25)17(20)3/h6,8-12,15,23H,4-5,7,13-14H2,1-3H3,(H2,26,30)(H,28,32)/t23-/m0/s1. The Kier molecular flexibility index (Phi) is 7.03.